The fourth-order valence-electron chi connectivity index (χ4n) is 2.07. The molecule has 136 valence electrons. The highest BCUT2D eigenvalue weighted by Gasteiger charge is 2.21. The maximum atomic E-state index is 13.7. The molecule has 0 aliphatic carbocycles. The third-order valence-corrected chi connectivity index (χ3v) is 5.53. The SMILES string of the molecule is O=S(=O)(Nc1nc(-c2cc(O)c(O)c(O)c2)cs1)c1ccc(F)cc1F. The van der Waals surface area contributed by atoms with Gasteiger partial charge in [-0.2, -0.15) is 0 Å². The van der Waals surface area contributed by atoms with Crippen LogP contribution in [-0.2, 0) is 10.0 Å². The van der Waals surface area contributed by atoms with Crippen molar-refractivity contribution in [2.24, 2.45) is 0 Å². The minimum Gasteiger partial charge on any atom is -0.504 e. The maximum Gasteiger partial charge on any atom is 0.266 e. The standard InChI is InChI=1S/C15H10F2N2O5S2/c16-8-1-2-13(9(17)5-8)26(23,24)19-15-18-10(6-25-15)7-3-11(20)14(22)12(21)4-7/h1-6,20-22H,(H,18,19). The van der Waals surface area contributed by atoms with Crippen molar-refractivity contribution in [3.05, 3.63) is 47.3 Å². The molecule has 26 heavy (non-hydrogen) atoms. The van der Waals surface area contributed by atoms with Crippen molar-refractivity contribution in [1.29, 1.82) is 0 Å². The third kappa shape index (κ3) is 3.39. The molecule has 11 heteroatoms. The van der Waals surface area contributed by atoms with Crippen LogP contribution in [0, 0.1) is 11.6 Å². The molecule has 0 amide bonds. The number of hydrogen-bond donors (Lipinski definition) is 4. The van der Waals surface area contributed by atoms with E-state index in [1.54, 1.807) is 0 Å². The Balaban J connectivity index is 1.91. The average Bonchev–Trinajstić information content (AvgIpc) is 2.99. The van der Waals surface area contributed by atoms with Crippen molar-refractivity contribution in [2.75, 3.05) is 4.72 Å². The molecule has 0 atom stereocenters. The van der Waals surface area contributed by atoms with E-state index in [1.807, 2.05) is 0 Å². The number of nitrogens with zero attached hydrogens (tertiary/aromatic N) is 1. The average molecular weight is 400 g/mol. The number of halogens is 2. The predicted molar refractivity (Wildman–Crippen MR) is 89.7 cm³/mol. The highest BCUT2D eigenvalue weighted by molar-refractivity contribution is 7.93. The van der Waals surface area contributed by atoms with Gasteiger partial charge in [-0.15, -0.1) is 11.3 Å². The highest BCUT2D eigenvalue weighted by atomic mass is 32.2. The molecule has 3 rings (SSSR count). The molecule has 0 fully saturated rings. The lowest BCUT2D eigenvalue weighted by Gasteiger charge is -2.06. The number of thiazole rings is 1. The topological polar surface area (TPSA) is 120 Å². The van der Waals surface area contributed by atoms with Gasteiger partial charge in [0, 0.05) is 17.0 Å². The Morgan fingerprint density at radius 2 is 1.69 bits per heavy atom. The first-order chi connectivity index (χ1) is 12.2. The summed E-state index contributed by atoms with van der Waals surface area (Å²) in [4.78, 5) is 3.24. The van der Waals surface area contributed by atoms with Crippen LogP contribution in [0.5, 0.6) is 17.2 Å². The van der Waals surface area contributed by atoms with Gasteiger partial charge in [0.05, 0.1) is 5.69 Å². The molecule has 1 aromatic heterocycles. The van der Waals surface area contributed by atoms with Crippen LogP contribution in [-0.4, -0.2) is 28.7 Å². The van der Waals surface area contributed by atoms with Crippen molar-refractivity contribution < 1.29 is 32.5 Å². The molecule has 0 radical (unpaired) electrons. The quantitative estimate of drug-likeness (QED) is 0.500. The zero-order chi connectivity index (χ0) is 19.1. The van der Waals surface area contributed by atoms with E-state index in [0.29, 0.717) is 6.07 Å². The van der Waals surface area contributed by atoms with E-state index in [4.69, 9.17) is 0 Å². The Bertz CT molecular complexity index is 1080. The number of phenols is 3. The largest absolute Gasteiger partial charge is 0.504 e. The second-order valence-corrected chi connectivity index (χ2v) is 7.59. The van der Waals surface area contributed by atoms with Crippen LogP contribution in [0.1, 0.15) is 0 Å². The summed E-state index contributed by atoms with van der Waals surface area (Å²) in [6.45, 7) is 0. The minimum absolute atomic E-state index is 0.115. The van der Waals surface area contributed by atoms with E-state index in [1.165, 1.54) is 5.38 Å². The molecular formula is C15H10F2N2O5S2. The van der Waals surface area contributed by atoms with Crippen molar-refractivity contribution in [3.63, 3.8) is 0 Å². The van der Waals surface area contributed by atoms with Gasteiger partial charge in [0.1, 0.15) is 16.5 Å². The number of aromatic nitrogens is 1. The van der Waals surface area contributed by atoms with Gasteiger partial charge >= 0.3 is 0 Å². The molecule has 2 aromatic carbocycles. The first-order valence-electron chi connectivity index (χ1n) is 6.86. The summed E-state index contributed by atoms with van der Waals surface area (Å²) in [5.74, 6) is -4.02. The summed E-state index contributed by atoms with van der Waals surface area (Å²) in [5, 5.41) is 29.7. The number of rotatable bonds is 4. The number of phenolic OH excluding ortho intramolecular Hbond substituents is 3. The molecule has 4 N–H and O–H groups in total. The molecule has 0 unspecified atom stereocenters. The first-order valence-corrected chi connectivity index (χ1v) is 9.22. The van der Waals surface area contributed by atoms with Gasteiger partial charge in [-0.3, -0.25) is 4.72 Å². The van der Waals surface area contributed by atoms with Gasteiger partial charge in [0.2, 0.25) is 0 Å². The van der Waals surface area contributed by atoms with Crippen LogP contribution in [0.15, 0.2) is 40.6 Å². The lowest BCUT2D eigenvalue weighted by Crippen LogP contribution is -2.14. The van der Waals surface area contributed by atoms with Crippen LogP contribution in [0.25, 0.3) is 11.3 Å². The molecule has 1 heterocycles. The minimum atomic E-state index is -4.34. The lowest BCUT2D eigenvalue weighted by molar-refractivity contribution is 0.368. The van der Waals surface area contributed by atoms with Crippen molar-refractivity contribution in [1.82, 2.24) is 4.98 Å². The van der Waals surface area contributed by atoms with Crippen LogP contribution >= 0.6 is 11.3 Å². The Hall–Kier alpha value is -2.92. The summed E-state index contributed by atoms with van der Waals surface area (Å²) >= 11 is 0.867. The normalized spacial score (nSPS) is 11.5. The van der Waals surface area contributed by atoms with Crippen LogP contribution in [0.4, 0.5) is 13.9 Å². The molecule has 0 spiro atoms. The van der Waals surface area contributed by atoms with Gasteiger partial charge in [-0.25, -0.2) is 22.2 Å². The Labute approximate surface area is 149 Å². The molecule has 0 saturated carbocycles. The number of aromatic hydroxyl groups is 3. The second-order valence-electron chi connectivity index (χ2n) is 5.08. The highest BCUT2D eigenvalue weighted by Crippen LogP contribution is 2.39. The van der Waals surface area contributed by atoms with Gasteiger partial charge in [-0.05, 0) is 24.3 Å². The summed E-state index contributed by atoms with van der Waals surface area (Å²) in [5.41, 5.74) is 0.408. The van der Waals surface area contributed by atoms with E-state index in [2.05, 4.69) is 9.71 Å². The van der Waals surface area contributed by atoms with E-state index in [9.17, 15) is 32.5 Å². The third-order valence-electron chi connectivity index (χ3n) is 3.27. The van der Waals surface area contributed by atoms with E-state index in [0.717, 1.165) is 35.6 Å². The van der Waals surface area contributed by atoms with Crippen LogP contribution in [0.2, 0.25) is 0 Å². The molecule has 0 saturated heterocycles. The van der Waals surface area contributed by atoms with Crippen LogP contribution < -0.4 is 4.72 Å². The van der Waals surface area contributed by atoms with E-state index in [-0.39, 0.29) is 16.4 Å². The molecule has 0 aliphatic rings. The lowest BCUT2D eigenvalue weighted by atomic mass is 10.1. The molecule has 0 bridgehead atoms. The van der Waals surface area contributed by atoms with Gasteiger partial charge in [-0.1, -0.05) is 0 Å². The predicted octanol–water partition coefficient (Wildman–Crippen LogP) is 3.01. The van der Waals surface area contributed by atoms with E-state index < -0.39 is 43.8 Å². The van der Waals surface area contributed by atoms with Crippen molar-refractivity contribution in [2.45, 2.75) is 4.90 Å². The van der Waals surface area contributed by atoms with Crippen LogP contribution in [0.3, 0.4) is 0 Å². The zero-order valence-electron chi connectivity index (χ0n) is 12.6. The second kappa shape index (κ2) is 6.42. The Kier molecular flexibility index (Phi) is 4.42. The summed E-state index contributed by atoms with van der Waals surface area (Å²) < 4.78 is 53.1. The first kappa shape index (κ1) is 17.9. The number of sulfonamides is 1. The Morgan fingerprint density at radius 3 is 2.31 bits per heavy atom. The number of anilines is 1. The van der Waals surface area contributed by atoms with Gasteiger partial charge < -0.3 is 15.3 Å². The monoisotopic (exact) mass is 400 g/mol. The Morgan fingerprint density at radius 1 is 1.04 bits per heavy atom. The zero-order valence-corrected chi connectivity index (χ0v) is 14.3. The van der Waals surface area contributed by atoms with Gasteiger partial charge in [0.25, 0.3) is 10.0 Å². The molecule has 3 aromatic rings. The van der Waals surface area contributed by atoms with E-state index >= 15 is 0 Å². The fourth-order valence-corrected chi connectivity index (χ4v) is 4.10. The summed E-state index contributed by atoms with van der Waals surface area (Å²) in [6, 6.07) is 4.30. The summed E-state index contributed by atoms with van der Waals surface area (Å²) in [7, 11) is -4.34. The molecule has 7 nitrogen and oxygen atoms in total. The molecular weight excluding hydrogens is 390 g/mol. The maximum absolute atomic E-state index is 13.7. The number of hydrogen-bond acceptors (Lipinski definition) is 7. The summed E-state index contributed by atoms with van der Waals surface area (Å²) in [6.07, 6.45) is 0. The van der Waals surface area contributed by atoms with Crippen molar-refractivity contribution in [3.8, 4) is 28.5 Å². The molecule has 0 aliphatic heterocycles. The fraction of sp³-hybridized carbons (Fsp3) is 0. The number of nitrogens with one attached hydrogen (secondary N) is 1. The van der Waals surface area contributed by atoms with Gasteiger partial charge in [0.15, 0.2) is 22.4 Å². The smallest absolute Gasteiger partial charge is 0.266 e. The number of benzene rings is 2. The van der Waals surface area contributed by atoms with Crippen molar-refractivity contribution >= 4 is 26.5 Å².